The van der Waals surface area contributed by atoms with Gasteiger partial charge in [-0.1, -0.05) is 30.7 Å². The maximum Gasteiger partial charge on any atom is 0.243 e. The van der Waals surface area contributed by atoms with Crippen molar-refractivity contribution in [3.8, 4) is 11.5 Å². The Kier molecular flexibility index (Phi) is 8.79. The highest BCUT2D eigenvalue weighted by atomic mass is 32.2. The first-order valence-corrected chi connectivity index (χ1v) is 13.4. The van der Waals surface area contributed by atoms with E-state index in [1.807, 2.05) is 12.1 Å². The number of carbonyl (C=O) groups is 1. The third kappa shape index (κ3) is 6.64. The van der Waals surface area contributed by atoms with Gasteiger partial charge in [0.1, 0.15) is 17.5 Å². The Labute approximate surface area is 202 Å². The third-order valence-corrected chi connectivity index (χ3v) is 7.28. The first-order chi connectivity index (χ1) is 16.2. The number of hydrogen-bond acceptors (Lipinski definition) is 6. The number of anilines is 1. The first-order valence-electron chi connectivity index (χ1n) is 11.5. The molecule has 9 heteroatoms. The lowest BCUT2D eigenvalue weighted by Gasteiger charge is -2.29. The Morgan fingerprint density at radius 2 is 1.68 bits per heavy atom. The van der Waals surface area contributed by atoms with Gasteiger partial charge in [-0.2, -0.15) is 0 Å². The molecule has 2 aromatic rings. The lowest BCUT2D eigenvalue weighted by Crippen LogP contribution is -2.47. The van der Waals surface area contributed by atoms with Gasteiger partial charge < -0.3 is 14.8 Å². The Morgan fingerprint density at radius 1 is 1.03 bits per heavy atom. The van der Waals surface area contributed by atoms with Crippen molar-refractivity contribution in [2.24, 2.45) is 0 Å². The van der Waals surface area contributed by atoms with Crippen LogP contribution in [0.15, 0.2) is 42.5 Å². The maximum atomic E-state index is 13.0. The van der Waals surface area contributed by atoms with Gasteiger partial charge in [0.25, 0.3) is 0 Å². The van der Waals surface area contributed by atoms with E-state index >= 15 is 0 Å². The van der Waals surface area contributed by atoms with E-state index in [0.717, 1.165) is 35.8 Å². The summed E-state index contributed by atoms with van der Waals surface area (Å²) in [5.41, 5.74) is 2.44. The lowest BCUT2D eigenvalue weighted by atomic mass is 10.1. The minimum atomic E-state index is -3.79. The number of hydrogen-bond donors (Lipinski definition) is 1. The van der Waals surface area contributed by atoms with Gasteiger partial charge in [-0.3, -0.25) is 14.0 Å². The third-order valence-electron chi connectivity index (χ3n) is 6.06. The second-order valence-corrected chi connectivity index (χ2v) is 10.5. The van der Waals surface area contributed by atoms with Gasteiger partial charge in [0, 0.05) is 19.2 Å². The zero-order valence-corrected chi connectivity index (χ0v) is 21.2. The molecule has 1 aliphatic heterocycles. The number of sulfonamides is 1. The monoisotopic (exact) mass is 489 g/mol. The first kappa shape index (κ1) is 25.8. The summed E-state index contributed by atoms with van der Waals surface area (Å²) in [4.78, 5) is 15.4. The van der Waals surface area contributed by atoms with E-state index in [4.69, 9.17) is 9.47 Å². The van der Waals surface area contributed by atoms with Crippen LogP contribution in [-0.2, 0) is 27.9 Å². The number of amides is 1. The van der Waals surface area contributed by atoms with Gasteiger partial charge in [0.05, 0.1) is 26.2 Å². The van der Waals surface area contributed by atoms with Crippen molar-refractivity contribution in [3.05, 3.63) is 53.6 Å². The van der Waals surface area contributed by atoms with Crippen LogP contribution in [0.5, 0.6) is 11.5 Å². The largest absolute Gasteiger partial charge is 0.497 e. The number of carbonyl (C=O) groups excluding carboxylic acids is 1. The van der Waals surface area contributed by atoms with Crippen LogP contribution in [0, 0.1) is 0 Å². The fourth-order valence-corrected chi connectivity index (χ4v) is 5.40. The number of rotatable bonds is 10. The summed E-state index contributed by atoms with van der Waals surface area (Å²) in [6.07, 6.45) is 4.90. The van der Waals surface area contributed by atoms with Gasteiger partial charge in [0.2, 0.25) is 15.9 Å². The number of likely N-dealkylation sites (tertiary alicyclic amines) is 1. The molecule has 0 radical (unpaired) electrons. The van der Waals surface area contributed by atoms with E-state index in [1.165, 1.54) is 39.0 Å². The molecule has 0 aliphatic carbocycles. The quantitative estimate of drug-likeness (QED) is 0.552. The average molecular weight is 490 g/mol. The van der Waals surface area contributed by atoms with Crippen LogP contribution in [0.1, 0.15) is 37.3 Å². The van der Waals surface area contributed by atoms with E-state index in [0.29, 0.717) is 18.0 Å². The van der Waals surface area contributed by atoms with E-state index < -0.39 is 22.0 Å². The zero-order chi connectivity index (χ0) is 24.7. The van der Waals surface area contributed by atoms with E-state index in [9.17, 15) is 13.2 Å². The summed E-state index contributed by atoms with van der Waals surface area (Å²) in [5.74, 6) is 0.379. The van der Waals surface area contributed by atoms with Gasteiger partial charge in [-0.25, -0.2) is 8.42 Å². The summed E-state index contributed by atoms with van der Waals surface area (Å²) >= 11 is 0. The molecule has 0 spiro atoms. The molecule has 0 unspecified atom stereocenters. The average Bonchev–Trinajstić information content (AvgIpc) is 2.83. The molecule has 1 N–H and O–H groups in total. The topological polar surface area (TPSA) is 88.2 Å². The van der Waals surface area contributed by atoms with E-state index in [2.05, 4.69) is 22.3 Å². The zero-order valence-electron chi connectivity index (χ0n) is 20.4. The summed E-state index contributed by atoms with van der Waals surface area (Å²) in [5, 5.41) is 2.86. The Morgan fingerprint density at radius 3 is 2.26 bits per heavy atom. The summed E-state index contributed by atoms with van der Waals surface area (Å²) in [7, 11) is -0.850. The second-order valence-electron chi connectivity index (χ2n) is 8.64. The number of benzene rings is 2. The molecule has 0 aromatic heterocycles. The number of ether oxygens (including phenoxy) is 2. The van der Waals surface area contributed by atoms with Gasteiger partial charge in [-0.05, 0) is 56.1 Å². The van der Waals surface area contributed by atoms with Crippen molar-refractivity contribution >= 4 is 21.6 Å². The fourth-order valence-electron chi connectivity index (χ4n) is 4.23. The molecule has 1 heterocycles. The second kappa shape index (κ2) is 11.6. The minimum Gasteiger partial charge on any atom is -0.497 e. The number of nitrogens with one attached hydrogen (secondary N) is 1. The van der Waals surface area contributed by atoms with Gasteiger partial charge >= 0.3 is 0 Å². The van der Waals surface area contributed by atoms with Crippen molar-refractivity contribution in [3.63, 3.8) is 0 Å². The van der Waals surface area contributed by atoms with Crippen LogP contribution in [0.3, 0.4) is 0 Å². The molecule has 1 saturated heterocycles. The summed E-state index contributed by atoms with van der Waals surface area (Å²) < 4.78 is 37.0. The molecular weight excluding hydrogens is 454 g/mol. The standard InChI is InChI=1S/C25H35N3O5S/c1-19(28(34(4,30)31)23-16-22(32-2)12-13-24(23)33-3)25(29)26-17-20-8-10-21(11-9-20)18-27-14-6-5-7-15-27/h8-13,16,19H,5-7,14-15,17-18H2,1-4H3,(H,26,29)/t19-/m0/s1. The maximum absolute atomic E-state index is 13.0. The molecule has 0 bridgehead atoms. The van der Waals surface area contributed by atoms with Crippen molar-refractivity contribution in [1.82, 2.24) is 10.2 Å². The van der Waals surface area contributed by atoms with Crippen molar-refractivity contribution in [2.75, 3.05) is 37.9 Å². The Hall–Kier alpha value is -2.78. The highest BCUT2D eigenvalue weighted by molar-refractivity contribution is 7.92. The van der Waals surface area contributed by atoms with Crippen LogP contribution in [0.2, 0.25) is 0 Å². The Balaban J connectivity index is 1.68. The van der Waals surface area contributed by atoms with Crippen molar-refractivity contribution < 1.29 is 22.7 Å². The van der Waals surface area contributed by atoms with Crippen LogP contribution < -0.4 is 19.1 Å². The van der Waals surface area contributed by atoms with E-state index in [-0.39, 0.29) is 5.69 Å². The molecule has 8 nitrogen and oxygen atoms in total. The SMILES string of the molecule is COc1ccc(OC)c(N([C@@H](C)C(=O)NCc2ccc(CN3CCCCC3)cc2)S(C)(=O)=O)c1. The van der Waals surface area contributed by atoms with Crippen LogP contribution in [-0.4, -0.2) is 58.8 Å². The normalized spacial score (nSPS) is 15.4. The molecule has 34 heavy (non-hydrogen) atoms. The molecule has 1 atom stereocenters. The predicted molar refractivity (Wildman–Crippen MR) is 134 cm³/mol. The molecule has 1 amide bonds. The molecular formula is C25H35N3O5S. The lowest BCUT2D eigenvalue weighted by molar-refractivity contribution is -0.122. The molecule has 2 aromatic carbocycles. The number of methoxy groups -OCH3 is 2. The molecule has 3 rings (SSSR count). The van der Waals surface area contributed by atoms with Crippen LogP contribution in [0.25, 0.3) is 0 Å². The molecule has 1 aliphatic rings. The molecule has 0 saturated carbocycles. The predicted octanol–water partition coefficient (Wildman–Crippen LogP) is 3.16. The fraction of sp³-hybridized carbons (Fsp3) is 0.480. The van der Waals surface area contributed by atoms with Gasteiger partial charge in [-0.15, -0.1) is 0 Å². The van der Waals surface area contributed by atoms with Crippen molar-refractivity contribution in [2.45, 2.75) is 45.3 Å². The highest BCUT2D eigenvalue weighted by Crippen LogP contribution is 2.35. The molecule has 1 fully saturated rings. The minimum absolute atomic E-state index is 0.245. The molecule has 186 valence electrons. The smallest absolute Gasteiger partial charge is 0.243 e. The summed E-state index contributed by atoms with van der Waals surface area (Å²) in [6.45, 7) is 5.08. The van der Waals surface area contributed by atoms with Crippen molar-refractivity contribution in [1.29, 1.82) is 0 Å². The van der Waals surface area contributed by atoms with Crippen LogP contribution >= 0.6 is 0 Å². The van der Waals surface area contributed by atoms with E-state index in [1.54, 1.807) is 25.1 Å². The van der Waals surface area contributed by atoms with Gasteiger partial charge in [0.15, 0.2) is 0 Å². The number of nitrogens with zero attached hydrogens (tertiary/aromatic N) is 2. The number of piperidine rings is 1. The highest BCUT2D eigenvalue weighted by Gasteiger charge is 2.31. The Bertz CT molecular complexity index is 1070. The van der Waals surface area contributed by atoms with Crippen LogP contribution in [0.4, 0.5) is 5.69 Å². The summed E-state index contributed by atoms with van der Waals surface area (Å²) in [6, 6.07) is 12.0.